The van der Waals surface area contributed by atoms with Crippen LogP contribution in [0.1, 0.15) is 12.0 Å². The molecular weight excluding hydrogens is 368 g/mol. The first-order valence-electron chi connectivity index (χ1n) is 9.69. The maximum Gasteiger partial charge on any atom is 0.138 e. The standard InChI is InChI=1S/C20H26N8O/c1-26(2)19-8-20(24-13-23-19)27-11-17(29)7-16(27)10-21-9-15-5-3-4-6-18(15)28-14-22-12-25-28/h3-6,8,12-14,16-17,21,29H,7,9-11H2,1-2H3/t16-,17-/m1/s1. The van der Waals surface area contributed by atoms with Crippen molar-refractivity contribution in [2.45, 2.75) is 25.1 Å². The van der Waals surface area contributed by atoms with Gasteiger partial charge in [-0.25, -0.2) is 19.6 Å². The Morgan fingerprint density at radius 2 is 2.07 bits per heavy atom. The molecule has 1 aromatic carbocycles. The number of hydrogen-bond acceptors (Lipinski definition) is 8. The van der Waals surface area contributed by atoms with E-state index in [-0.39, 0.29) is 12.1 Å². The molecular formula is C20H26N8O. The zero-order valence-electron chi connectivity index (χ0n) is 16.7. The highest BCUT2D eigenvalue weighted by atomic mass is 16.3. The Hall–Kier alpha value is -3.04. The van der Waals surface area contributed by atoms with E-state index in [0.29, 0.717) is 19.5 Å². The summed E-state index contributed by atoms with van der Waals surface area (Å²) in [7, 11) is 3.91. The molecule has 1 saturated heterocycles. The molecule has 4 rings (SSSR count). The van der Waals surface area contributed by atoms with Gasteiger partial charge in [0.1, 0.15) is 30.6 Å². The number of anilines is 2. The van der Waals surface area contributed by atoms with Crippen molar-refractivity contribution in [3.63, 3.8) is 0 Å². The maximum atomic E-state index is 10.3. The topological polar surface area (TPSA) is 95.2 Å². The van der Waals surface area contributed by atoms with Crippen molar-refractivity contribution >= 4 is 11.6 Å². The SMILES string of the molecule is CN(C)c1cc(N2C[C@H](O)C[C@@H]2CNCc2ccccc2-n2cncn2)ncn1. The highest BCUT2D eigenvalue weighted by Crippen LogP contribution is 2.25. The molecule has 0 unspecified atom stereocenters. The van der Waals surface area contributed by atoms with E-state index < -0.39 is 0 Å². The van der Waals surface area contributed by atoms with Gasteiger partial charge in [0.25, 0.3) is 0 Å². The lowest BCUT2D eigenvalue weighted by Crippen LogP contribution is -2.38. The van der Waals surface area contributed by atoms with Gasteiger partial charge in [0.2, 0.25) is 0 Å². The van der Waals surface area contributed by atoms with Crippen LogP contribution in [0.4, 0.5) is 11.6 Å². The Morgan fingerprint density at radius 1 is 1.21 bits per heavy atom. The van der Waals surface area contributed by atoms with E-state index in [4.69, 9.17) is 0 Å². The molecule has 9 nitrogen and oxygen atoms in total. The molecule has 29 heavy (non-hydrogen) atoms. The van der Waals surface area contributed by atoms with Crippen molar-refractivity contribution in [1.29, 1.82) is 0 Å². The number of rotatable bonds is 7. The van der Waals surface area contributed by atoms with Crippen LogP contribution in [0.3, 0.4) is 0 Å². The molecule has 3 aromatic rings. The van der Waals surface area contributed by atoms with Crippen LogP contribution in [0.2, 0.25) is 0 Å². The predicted octanol–water partition coefficient (Wildman–Crippen LogP) is 0.853. The van der Waals surface area contributed by atoms with Crippen LogP contribution < -0.4 is 15.1 Å². The summed E-state index contributed by atoms with van der Waals surface area (Å²) in [5, 5.41) is 18.0. The molecule has 0 amide bonds. The second-order valence-electron chi connectivity index (χ2n) is 7.42. The van der Waals surface area contributed by atoms with Gasteiger partial charge in [-0.2, -0.15) is 5.10 Å². The number of hydrogen-bond donors (Lipinski definition) is 2. The number of benzene rings is 1. The van der Waals surface area contributed by atoms with Gasteiger partial charge in [-0.3, -0.25) is 0 Å². The number of nitrogens with zero attached hydrogens (tertiary/aromatic N) is 7. The van der Waals surface area contributed by atoms with Gasteiger partial charge in [-0.15, -0.1) is 0 Å². The summed E-state index contributed by atoms with van der Waals surface area (Å²) in [5.41, 5.74) is 2.15. The summed E-state index contributed by atoms with van der Waals surface area (Å²) in [6, 6.07) is 10.2. The lowest BCUT2D eigenvalue weighted by atomic mass is 10.1. The first kappa shape index (κ1) is 19.3. The molecule has 2 atom stereocenters. The Balaban J connectivity index is 1.44. The van der Waals surface area contributed by atoms with Gasteiger partial charge in [0.15, 0.2) is 0 Å². The normalized spacial score (nSPS) is 18.9. The molecule has 0 bridgehead atoms. The van der Waals surface area contributed by atoms with Crippen molar-refractivity contribution < 1.29 is 5.11 Å². The minimum atomic E-state index is -0.359. The van der Waals surface area contributed by atoms with Crippen LogP contribution in [0.25, 0.3) is 5.69 Å². The van der Waals surface area contributed by atoms with E-state index in [2.05, 4.69) is 36.3 Å². The highest BCUT2D eigenvalue weighted by Gasteiger charge is 2.31. The zero-order chi connectivity index (χ0) is 20.2. The van der Waals surface area contributed by atoms with Gasteiger partial charge in [0, 0.05) is 45.8 Å². The predicted molar refractivity (Wildman–Crippen MR) is 111 cm³/mol. The molecule has 1 aliphatic heterocycles. The molecule has 2 N–H and O–H groups in total. The second kappa shape index (κ2) is 8.54. The van der Waals surface area contributed by atoms with Crippen molar-refractivity contribution in [3.05, 3.63) is 54.9 Å². The van der Waals surface area contributed by atoms with Crippen LogP contribution >= 0.6 is 0 Å². The Bertz CT molecular complexity index is 930. The summed E-state index contributed by atoms with van der Waals surface area (Å²) >= 11 is 0. The van der Waals surface area contributed by atoms with E-state index in [9.17, 15) is 5.11 Å². The average Bonchev–Trinajstić information content (AvgIpc) is 3.38. The monoisotopic (exact) mass is 394 g/mol. The lowest BCUT2D eigenvalue weighted by molar-refractivity contribution is 0.194. The molecule has 0 saturated carbocycles. The molecule has 152 valence electrons. The van der Waals surface area contributed by atoms with Crippen molar-refractivity contribution in [1.82, 2.24) is 30.0 Å². The second-order valence-corrected chi connectivity index (χ2v) is 7.42. The summed E-state index contributed by atoms with van der Waals surface area (Å²) < 4.78 is 1.77. The maximum absolute atomic E-state index is 10.3. The van der Waals surface area contributed by atoms with E-state index in [1.165, 1.54) is 6.33 Å². The van der Waals surface area contributed by atoms with E-state index in [1.807, 2.05) is 43.3 Å². The number of para-hydroxylation sites is 1. The van der Waals surface area contributed by atoms with Crippen molar-refractivity contribution in [2.24, 2.45) is 0 Å². The molecule has 1 fully saturated rings. The lowest BCUT2D eigenvalue weighted by Gasteiger charge is -2.26. The number of aliphatic hydroxyl groups is 1. The number of aromatic nitrogens is 5. The molecule has 3 heterocycles. The first-order valence-corrected chi connectivity index (χ1v) is 9.69. The third-order valence-electron chi connectivity index (χ3n) is 5.14. The minimum absolute atomic E-state index is 0.161. The zero-order valence-corrected chi connectivity index (χ0v) is 16.7. The number of β-amino-alcohol motifs (C(OH)–C–C–N with tert-alkyl or cyclic N) is 1. The first-order chi connectivity index (χ1) is 14.1. The quantitative estimate of drug-likeness (QED) is 0.609. The summed E-state index contributed by atoms with van der Waals surface area (Å²) in [6.07, 6.45) is 5.16. The Labute approximate surface area is 170 Å². The van der Waals surface area contributed by atoms with Gasteiger partial charge >= 0.3 is 0 Å². The van der Waals surface area contributed by atoms with E-state index >= 15 is 0 Å². The largest absolute Gasteiger partial charge is 0.391 e. The average molecular weight is 394 g/mol. The third kappa shape index (κ3) is 4.36. The summed E-state index contributed by atoms with van der Waals surface area (Å²) in [5.74, 6) is 1.69. The van der Waals surface area contributed by atoms with Gasteiger partial charge in [-0.05, 0) is 18.1 Å². The van der Waals surface area contributed by atoms with Crippen LogP contribution in [0, 0.1) is 0 Å². The highest BCUT2D eigenvalue weighted by molar-refractivity contribution is 5.51. The third-order valence-corrected chi connectivity index (χ3v) is 5.14. The Kier molecular flexibility index (Phi) is 5.68. The van der Waals surface area contributed by atoms with Crippen LogP contribution in [-0.2, 0) is 6.54 Å². The number of aliphatic hydroxyl groups excluding tert-OH is 1. The molecule has 9 heteroatoms. The number of nitrogens with one attached hydrogen (secondary N) is 1. The molecule has 2 aromatic heterocycles. The minimum Gasteiger partial charge on any atom is -0.391 e. The summed E-state index contributed by atoms with van der Waals surface area (Å²) in [6.45, 7) is 2.01. The van der Waals surface area contributed by atoms with Gasteiger partial charge in [0.05, 0.1) is 11.8 Å². The van der Waals surface area contributed by atoms with Crippen LogP contribution in [0.15, 0.2) is 49.3 Å². The van der Waals surface area contributed by atoms with Gasteiger partial charge < -0.3 is 20.2 Å². The molecule has 0 spiro atoms. The summed E-state index contributed by atoms with van der Waals surface area (Å²) in [4.78, 5) is 16.9. The van der Waals surface area contributed by atoms with Crippen molar-refractivity contribution in [2.75, 3.05) is 37.0 Å². The fraction of sp³-hybridized carbons (Fsp3) is 0.400. The van der Waals surface area contributed by atoms with Crippen LogP contribution in [-0.4, -0.2) is 69.2 Å². The van der Waals surface area contributed by atoms with Crippen molar-refractivity contribution in [3.8, 4) is 5.69 Å². The van der Waals surface area contributed by atoms with E-state index in [0.717, 1.165) is 29.4 Å². The fourth-order valence-electron chi connectivity index (χ4n) is 3.69. The van der Waals surface area contributed by atoms with Crippen LogP contribution in [0.5, 0.6) is 0 Å². The molecule has 0 aliphatic carbocycles. The van der Waals surface area contributed by atoms with Gasteiger partial charge in [-0.1, -0.05) is 18.2 Å². The Morgan fingerprint density at radius 3 is 2.86 bits per heavy atom. The molecule has 1 aliphatic rings. The smallest absolute Gasteiger partial charge is 0.138 e. The van der Waals surface area contributed by atoms with E-state index in [1.54, 1.807) is 17.3 Å². The molecule has 0 radical (unpaired) electrons. The fourth-order valence-corrected chi connectivity index (χ4v) is 3.69.